The van der Waals surface area contributed by atoms with Gasteiger partial charge >= 0.3 is 5.97 Å². The third-order valence-corrected chi connectivity index (χ3v) is 1.03. The first-order valence-corrected chi connectivity index (χ1v) is 4.13. The predicted molar refractivity (Wildman–Crippen MR) is 45.3 cm³/mol. The molecular formula is C5H11IO4. The van der Waals surface area contributed by atoms with Crippen LogP contribution in [0.2, 0.25) is 0 Å². The quantitative estimate of drug-likeness (QED) is 0.478. The summed E-state index contributed by atoms with van der Waals surface area (Å²) in [5.74, 6) is -0.759. The zero-order chi connectivity index (χ0) is 8.57. The standard InChI is InChI=1S/C3H8O2.C2H3IO2/c1-3(5)2-4;3-1-2(4)5/h3-5H,2H2,1H3;1H2,(H,4,5). The monoisotopic (exact) mass is 262 g/mol. The highest BCUT2D eigenvalue weighted by Crippen LogP contribution is 1.75. The van der Waals surface area contributed by atoms with E-state index in [9.17, 15) is 4.79 Å². The minimum absolute atomic E-state index is 0.139. The first-order chi connectivity index (χ1) is 4.54. The van der Waals surface area contributed by atoms with Crippen molar-refractivity contribution < 1.29 is 20.1 Å². The minimum atomic E-state index is -0.759. The number of rotatable bonds is 2. The molecule has 0 aliphatic carbocycles. The van der Waals surface area contributed by atoms with Gasteiger partial charge in [0.15, 0.2) is 0 Å². The molecule has 0 saturated carbocycles. The summed E-state index contributed by atoms with van der Waals surface area (Å²) in [6.45, 7) is 1.39. The molecule has 3 N–H and O–H groups in total. The summed E-state index contributed by atoms with van der Waals surface area (Å²) >= 11 is 1.78. The normalized spacial score (nSPS) is 11.2. The summed E-state index contributed by atoms with van der Waals surface area (Å²) in [6.07, 6.45) is -0.560. The van der Waals surface area contributed by atoms with Crippen molar-refractivity contribution in [1.82, 2.24) is 0 Å². The molecule has 0 bridgehead atoms. The minimum Gasteiger partial charge on any atom is -0.481 e. The predicted octanol–water partition coefficient (Wildman–Crippen LogP) is -0.134. The third kappa shape index (κ3) is 24.3. The summed E-state index contributed by atoms with van der Waals surface area (Å²) in [7, 11) is 0. The Morgan fingerprint density at radius 1 is 1.70 bits per heavy atom. The summed E-state index contributed by atoms with van der Waals surface area (Å²) in [5, 5.41) is 23.7. The van der Waals surface area contributed by atoms with Crippen molar-refractivity contribution in [3.8, 4) is 0 Å². The fraction of sp³-hybridized carbons (Fsp3) is 0.800. The van der Waals surface area contributed by atoms with Gasteiger partial charge < -0.3 is 15.3 Å². The van der Waals surface area contributed by atoms with Crippen LogP contribution in [0, 0.1) is 0 Å². The molecule has 1 atom stereocenters. The molecule has 0 aliphatic rings. The van der Waals surface area contributed by atoms with Gasteiger partial charge in [0.05, 0.1) is 17.1 Å². The number of halogens is 1. The van der Waals surface area contributed by atoms with Crippen molar-refractivity contribution in [2.24, 2.45) is 0 Å². The average molecular weight is 262 g/mol. The van der Waals surface area contributed by atoms with Gasteiger partial charge in [-0.2, -0.15) is 0 Å². The highest BCUT2D eigenvalue weighted by Gasteiger charge is 1.83. The van der Waals surface area contributed by atoms with Crippen molar-refractivity contribution in [3.05, 3.63) is 0 Å². The number of alkyl halides is 1. The summed E-state index contributed by atoms with van der Waals surface area (Å²) in [5.41, 5.74) is 0. The molecule has 0 aromatic carbocycles. The molecule has 4 nitrogen and oxygen atoms in total. The molecular weight excluding hydrogens is 251 g/mol. The van der Waals surface area contributed by atoms with E-state index in [4.69, 9.17) is 15.3 Å². The van der Waals surface area contributed by atoms with Crippen LogP contribution in [0.3, 0.4) is 0 Å². The second-order valence-electron chi connectivity index (χ2n) is 1.56. The summed E-state index contributed by atoms with van der Waals surface area (Å²) in [6, 6.07) is 0. The van der Waals surface area contributed by atoms with Crippen molar-refractivity contribution in [2.75, 3.05) is 11.0 Å². The zero-order valence-corrected chi connectivity index (χ0v) is 7.78. The van der Waals surface area contributed by atoms with Crippen molar-refractivity contribution in [1.29, 1.82) is 0 Å². The molecule has 0 amide bonds. The first-order valence-electron chi connectivity index (χ1n) is 2.61. The van der Waals surface area contributed by atoms with E-state index in [1.54, 1.807) is 22.6 Å². The fourth-order valence-electron chi connectivity index (χ4n) is 0. The summed E-state index contributed by atoms with van der Waals surface area (Å²) < 4.78 is 0.192. The molecule has 0 rings (SSSR count). The Kier molecular flexibility index (Phi) is 11.6. The molecule has 0 saturated heterocycles. The number of hydrogen-bond acceptors (Lipinski definition) is 3. The fourth-order valence-corrected chi connectivity index (χ4v) is 0. The van der Waals surface area contributed by atoms with Crippen LogP contribution in [0.1, 0.15) is 6.92 Å². The van der Waals surface area contributed by atoms with Gasteiger partial charge in [-0.15, -0.1) is 0 Å². The maximum Gasteiger partial charge on any atom is 0.313 e. The van der Waals surface area contributed by atoms with Crippen molar-refractivity contribution >= 4 is 28.6 Å². The van der Waals surface area contributed by atoms with E-state index >= 15 is 0 Å². The Labute approximate surface area is 73.0 Å². The molecule has 0 radical (unpaired) electrons. The summed E-state index contributed by atoms with van der Waals surface area (Å²) in [4.78, 5) is 9.36. The van der Waals surface area contributed by atoms with Gasteiger partial charge in [-0.05, 0) is 6.92 Å². The molecule has 1 unspecified atom stereocenters. The Hall–Kier alpha value is 0.120. The maximum atomic E-state index is 9.36. The van der Waals surface area contributed by atoms with Gasteiger partial charge in [0, 0.05) is 0 Å². The Balaban J connectivity index is 0. The number of aliphatic hydroxyl groups excluding tert-OH is 2. The lowest BCUT2D eigenvalue weighted by atomic mass is 10.5. The van der Waals surface area contributed by atoms with E-state index < -0.39 is 12.1 Å². The van der Waals surface area contributed by atoms with Gasteiger partial charge in [0.25, 0.3) is 0 Å². The Morgan fingerprint density at radius 3 is 1.90 bits per heavy atom. The zero-order valence-electron chi connectivity index (χ0n) is 5.62. The molecule has 0 fully saturated rings. The second kappa shape index (κ2) is 9.12. The van der Waals surface area contributed by atoms with E-state index in [2.05, 4.69) is 0 Å². The van der Waals surface area contributed by atoms with E-state index in [0.29, 0.717) is 0 Å². The molecule has 62 valence electrons. The van der Waals surface area contributed by atoms with Gasteiger partial charge in [0.2, 0.25) is 0 Å². The van der Waals surface area contributed by atoms with Crippen molar-refractivity contribution in [3.63, 3.8) is 0 Å². The van der Waals surface area contributed by atoms with E-state index in [1.807, 2.05) is 0 Å². The average Bonchev–Trinajstić information content (AvgIpc) is 1.89. The lowest BCUT2D eigenvalue weighted by Gasteiger charge is -1.90. The number of aliphatic hydroxyl groups is 2. The van der Waals surface area contributed by atoms with E-state index in [1.165, 1.54) is 6.92 Å². The second-order valence-corrected chi connectivity index (χ2v) is 2.32. The van der Waals surface area contributed by atoms with Gasteiger partial charge in [-0.3, -0.25) is 4.79 Å². The van der Waals surface area contributed by atoms with Crippen LogP contribution in [0.25, 0.3) is 0 Å². The Morgan fingerprint density at radius 2 is 1.90 bits per heavy atom. The topological polar surface area (TPSA) is 77.8 Å². The molecule has 10 heavy (non-hydrogen) atoms. The van der Waals surface area contributed by atoms with Gasteiger partial charge in [0.1, 0.15) is 0 Å². The van der Waals surface area contributed by atoms with Crippen LogP contribution in [-0.2, 0) is 4.79 Å². The highest BCUT2D eigenvalue weighted by atomic mass is 127. The SMILES string of the molecule is CC(O)CO.O=C(O)CI. The lowest BCUT2D eigenvalue weighted by Crippen LogP contribution is -2.03. The van der Waals surface area contributed by atoms with E-state index in [-0.39, 0.29) is 11.0 Å². The van der Waals surface area contributed by atoms with E-state index in [0.717, 1.165) is 0 Å². The lowest BCUT2D eigenvalue weighted by molar-refractivity contribution is -0.133. The van der Waals surface area contributed by atoms with Crippen LogP contribution >= 0.6 is 22.6 Å². The van der Waals surface area contributed by atoms with Crippen LogP contribution in [-0.4, -0.2) is 38.4 Å². The molecule has 0 spiro atoms. The number of aliphatic carboxylic acids is 1. The smallest absolute Gasteiger partial charge is 0.313 e. The third-order valence-electron chi connectivity index (χ3n) is 0.379. The number of hydrogen-bond donors (Lipinski definition) is 3. The van der Waals surface area contributed by atoms with Crippen LogP contribution in [0.4, 0.5) is 0 Å². The van der Waals surface area contributed by atoms with Gasteiger partial charge in [-0.25, -0.2) is 0 Å². The number of carboxylic acids is 1. The Bertz CT molecular complexity index is 83.7. The van der Waals surface area contributed by atoms with Crippen molar-refractivity contribution in [2.45, 2.75) is 13.0 Å². The molecule has 0 heterocycles. The van der Waals surface area contributed by atoms with Crippen LogP contribution in [0.15, 0.2) is 0 Å². The number of carbonyl (C=O) groups is 1. The highest BCUT2D eigenvalue weighted by molar-refractivity contribution is 14.1. The first kappa shape index (κ1) is 12.8. The molecule has 0 aliphatic heterocycles. The molecule has 0 aromatic heterocycles. The van der Waals surface area contributed by atoms with Crippen LogP contribution in [0.5, 0.6) is 0 Å². The maximum absolute atomic E-state index is 9.36. The van der Waals surface area contributed by atoms with Gasteiger partial charge in [-0.1, -0.05) is 22.6 Å². The number of carboxylic acid groups (broad SMARTS) is 1. The molecule has 0 aromatic rings. The largest absolute Gasteiger partial charge is 0.481 e. The molecule has 5 heteroatoms. The van der Waals surface area contributed by atoms with Crippen LogP contribution < -0.4 is 0 Å².